The molecular formula is C25H37N5O. The van der Waals surface area contributed by atoms with E-state index >= 15 is 0 Å². The van der Waals surface area contributed by atoms with Crippen molar-refractivity contribution < 1.29 is 4.79 Å². The van der Waals surface area contributed by atoms with E-state index in [9.17, 15) is 4.79 Å². The lowest BCUT2D eigenvalue weighted by molar-refractivity contribution is -0.133. The monoisotopic (exact) mass is 423 g/mol. The molecule has 1 unspecified atom stereocenters. The summed E-state index contributed by atoms with van der Waals surface area (Å²) in [4.78, 5) is 24.2. The predicted molar refractivity (Wildman–Crippen MR) is 124 cm³/mol. The zero-order valence-corrected chi connectivity index (χ0v) is 19.1. The van der Waals surface area contributed by atoms with Gasteiger partial charge in [-0.15, -0.1) is 0 Å². The molecule has 2 fully saturated rings. The van der Waals surface area contributed by atoms with Crippen LogP contribution < -0.4 is 0 Å². The highest BCUT2D eigenvalue weighted by atomic mass is 16.2. The van der Waals surface area contributed by atoms with Crippen LogP contribution in [0.2, 0.25) is 0 Å². The maximum Gasteiger partial charge on any atom is 0.222 e. The third-order valence-electron chi connectivity index (χ3n) is 7.11. The van der Waals surface area contributed by atoms with Crippen molar-refractivity contribution in [1.82, 2.24) is 24.3 Å². The summed E-state index contributed by atoms with van der Waals surface area (Å²) in [6.07, 6.45) is 10.3. The molecule has 0 spiro atoms. The van der Waals surface area contributed by atoms with Crippen LogP contribution in [0.15, 0.2) is 42.7 Å². The van der Waals surface area contributed by atoms with Gasteiger partial charge in [-0.25, -0.2) is 4.98 Å². The van der Waals surface area contributed by atoms with E-state index in [1.165, 1.54) is 18.5 Å². The quantitative estimate of drug-likeness (QED) is 0.685. The highest BCUT2D eigenvalue weighted by Gasteiger charge is 2.26. The van der Waals surface area contributed by atoms with Crippen molar-refractivity contribution in [1.29, 1.82) is 0 Å². The summed E-state index contributed by atoms with van der Waals surface area (Å²) in [6, 6.07) is 10.7. The maximum atomic E-state index is 12.8. The number of carbonyl (C=O) groups excluding carboxylic acids is 1. The molecule has 2 aromatic heterocycles. The average molecular weight is 424 g/mol. The number of rotatable bonds is 7. The lowest BCUT2D eigenvalue weighted by atomic mass is 9.92. The Morgan fingerprint density at radius 3 is 2.74 bits per heavy atom. The molecule has 2 aliphatic rings. The average Bonchev–Trinajstić information content (AvgIpc) is 3.26. The number of carbonyl (C=O) groups is 1. The Morgan fingerprint density at radius 1 is 1.13 bits per heavy atom. The van der Waals surface area contributed by atoms with Crippen molar-refractivity contribution in [2.75, 3.05) is 40.3 Å². The van der Waals surface area contributed by atoms with Crippen molar-refractivity contribution in [2.24, 2.45) is 5.92 Å². The summed E-state index contributed by atoms with van der Waals surface area (Å²) in [7, 11) is 4.18. The first-order chi connectivity index (χ1) is 15.1. The normalized spacial score (nSPS) is 21.3. The molecule has 6 heteroatoms. The Balaban J connectivity index is 1.27. The van der Waals surface area contributed by atoms with Gasteiger partial charge in [0, 0.05) is 50.7 Å². The van der Waals surface area contributed by atoms with Gasteiger partial charge < -0.3 is 14.4 Å². The summed E-state index contributed by atoms with van der Waals surface area (Å²) >= 11 is 0. The Bertz CT molecular complexity index is 827. The lowest BCUT2D eigenvalue weighted by Gasteiger charge is -2.36. The Kier molecular flexibility index (Phi) is 7.41. The summed E-state index contributed by atoms with van der Waals surface area (Å²) in [6.45, 7) is 5.34. The van der Waals surface area contributed by atoms with E-state index in [-0.39, 0.29) is 0 Å². The highest BCUT2D eigenvalue weighted by molar-refractivity contribution is 5.76. The lowest BCUT2D eigenvalue weighted by Crippen LogP contribution is -2.44. The van der Waals surface area contributed by atoms with Crippen LogP contribution in [0.4, 0.5) is 0 Å². The molecule has 4 heterocycles. The fraction of sp³-hybridized carbons (Fsp3) is 0.600. The fourth-order valence-electron chi connectivity index (χ4n) is 5.11. The molecule has 31 heavy (non-hydrogen) atoms. The van der Waals surface area contributed by atoms with E-state index in [1.54, 1.807) is 0 Å². The molecular weight excluding hydrogens is 386 g/mol. The molecule has 0 aromatic carbocycles. The Labute approximate surface area is 186 Å². The molecule has 1 atom stereocenters. The van der Waals surface area contributed by atoms with Gasteiger partial charge in [-0.05, 0) is 89.0 Å². The van der Waals surface area contributed by atoms with Gasteiger partial charge in [0.05, 0.1) is 0 Å². The fourth-order valence-corrected chi connectivity index (χ4v) is 5.11. The molecule has 2 aromatic rings. The van der Waals surface area contributed by atoms with E-state index in [1.807, 2.05) is 30.3 Å². The maximum absolute atomic E-state index is 12.8. The first kappa shape index (κ1) is 22.0. The second-order valence-corrected chi connectivity index (χ2v) is 9.38. The number of amides is 1. The van der Waals surface area contributed by atoms with E-state index in [0.717, 1.165) is 57.8 Å². The number of nitrogens with zero attached hydrogens (tertiary/aromatic N) is 5. The summed E-state index contributed by atoms with van der Waals surface area (Å²) in [5, 5.41) is 0. The van der Waals surface area contributed by atoms with E-state index in [4.69, 9.17) is 0 Å². The van der Waals surface area contributed by atoms with Crippen LogP contribution in [0.25, 0.3) is 5.82 Å². The molecule has 6 nitrogen and oxygen atoms in total. The molecule has 2 aliphatic heterocycles. The molecule has 0 saturated carbocycles. The van der Waals surface area contributed by atoms with E-state index in [2.05, 4.69) is 50.8 Å². The molecule has 0 N–H and O–H groups in total. The van der Waals surface area contributed by atoms with Gasteiger partial charge in [0.25, 0.3) is 0 Å². The van der Waals surface area contributed by atoms with Crippen LogP contribution in [-0.2, 0) is 11.3 Å². The summed E-state index contributed by atoms with van der Waals surface area (Å²) in [5.74, 6) is 1.91. The largest absolute Gasteiger partial charge is 0.343 e. The van der Waals surface area contributed by atoms with Crippen LogP contribution in [-0.4, -0.2) is 76.5 Å². The van der Waals surface area contributed by atoms with Gasteiger partial charge in [-0.1, -0.05) is 6.07 Å². The molecule has 168 valence electrons. The Morgan fingerprint density at radius 2 is 1.97 bits per heavy atom. The standard InChI is InChI=1S/C25H37N5O/c1-27-17-12-22(13-18-27)28(2)25(31)11-10-21-7-5-15-29(19-21)20-23-8-6-16-30(23)24-9-3-4-14-26-24/h3-4,6,8-9,14,16,21-22H,5,7,10-13,15,17-20H2,1-2H3. The number of hydrogen-bond acceptors (Lipinski definition) is 4. The van der Waals surface area contributed by atoms with Crippen molar-refractivity contribution in [3.63, 3.8) is 0 Å². The Hall–Kier alpha value is -2.18. The number of hydrogen-bond donors (Lipinski definition) is 0. The van der Waals surface area contributed by atoms with Gasteiger partial charge in [0.2, 0.25) is 5.91 Å². The SMILES string of the molecule is CN1CCC(N(C)C(=O)CCC2CCCN(Cc3cccn3-c3ccccn3)C2)CC1. The second-order valence-electron chi connectivity index (χ2n) is 9.38. The molecule has 0 bridgehead atoms. The third-order valence-corrected chi connectivity index (χ3v) is 7.11. The topological polar surface area (TPSA) is 44.6 Å². The number of piperidine rings is 2. The van der Waals surface area contributed by atoms with E-state index < -0.39 is 0 Å². The van der Waals surface area contributed by atoms with Crippen molar-refractivity contribution in [3.8, 4) is 5.82 Å². The van der Waals surface area contributed by atoms with Crippen molar-refractivity contribution in [3.05, 3.63) is 48.4 Å². The smallest absolute Gasteiger partial charge is 0.222 e. The molecule has 0 aliphatic carbocycles. The van der Waals surface area contributed by atoms with Crippen LogP contribution >= 0.6 is 0 Å². The first-order valence-corrected chi connectivity index (χ1v) is 11.8. The molecule has 4 rings (SSSR count). The highest BCUT2D eigenvalue weighted by Crippen LogP contribution is 2.24. The van der Waals surface area contributed by atoms with Gasteiger partial charge in [0.1, 0.15) is 5.82 Å². The van der Waals surface area contributed by atoms with Gasteiger partial charge in [0.15, 0.2) is 0 Å². The van der Waals surface area contributed by atoms with Gasteiger partial charge in [-0.2, -0.15) is 0 Å². The van der Waals surface area contributed by atoms with Crippen LogP contribution in [0.5, 0.6) is 0 Å². The van der Waals surface area contributed by atoms with Crippen molar-refractivity contribution in [2.45, 2.75) is 51.1 Å². The van der Waals surface area contributed by atoms with E-state index in [0.29, 0.717) is 24.3 Å². The molecule has 0 radical (unpaired) electrons. The first-order valence-electron chi connectivity index (χ1n) is 11.8. The number of aromatic nitrogens is 2. The zero-order valence-electron chi connectivity index (χ0n) is 19.1. The second kappa shape index (κ2) is 10.4. The molecule has 1 amide bonds. The van der Waals surface area contributed by atoms with Crippen LogP contribution in [0.1, 0.15) is 44.2 Å². The summed E-state index contributed by atoms with van der Waals surface area (Å²) in [5.41, 5.74) is 1.28. The van der Waals surface area contributed by atoms with Gasteiger partial charge in [-0.3, -0.25) is 9.69 Å². The zero-order chi connectivity index (χ0) is 21.6. The number of pyridine rings is 1. The number of likely N-dealkylation sites (tertiary alicyclic amines) is 2. The minimum absolute atomic E-state index is 0.329. The predicted octanol–water partition coefficient (Wildman–Crippen LogP) is 3.42. The van der Waals surface area contributed by atoms with Crippen molar-refractivity contribution >= 4 is 5.91 Å². The van der Waals surface area contributed by atoms with Gasteiger partial charge >= 0.3 is 0 Å². The third kappa shape index (κ3) is 5.74. The minimum Gasteiger partial charge on any atom is -0.343 e. The minimum atomic E-state index is 0.329. The van der Waals surface area contributed by atoms with Crippen LogP contribution in [0.3, 0.4) is 0 Å². The molecule has 2 saturated heterocycles. The summed E-state index contributed by atoms with van der Waals surface area (Å²) < 4.78 is 2.18. The van der Waals surface area contributed by atoms with Crippen LogP contribution in [0, 0.1) is 5.92 Å².